The van der Waals surface area contributed by atoms with Crippen molar-refractivity contribution in [3.8, 4) is 0 Å². The quantitative estimate of drug-likeness (QED) is 0.838. The van der Waals surface area contributed by atoms with Crippen molar-refractivity contribution in [2.45, 2.75) is 17.9 Å². The Morgan fingerprint density at radius 3 is 2.29 bits per heavy atom. The van der Waals surface area contributed by atoms with Gasteiger partial charge in [-0.1, -0.05) is 36.4 Å². The summed E-state index contributed by atoms with van der Waals surface area (Å²) in [6.07, 6.45) is 3.61. The van der Waals surface area contributed by atoms with Gasteiger partial charge < -0.3 is 5.32 Å². The maximum atomic E-state index is 12.8. The van der Waals surface area contributed by atoms with Crippen LogP contribution in [0.25, 0.3) is 6.08 Å². The number of sulfonamides is 1. The van der Waals surface area contributed by atoms with Crippen LogP contribution >= 0.6 is 0 Å². The molecule has 0 saturated carbocycles. The molecule has 126 valence electrons. The third-order valence-corrected chi connectivity index (χ3v) is 4.15. The lowest BCUT2D eigenvalue weighted by Crippen LogP contribution is -2.21. The average Bonchev–Trinajstić information content (AvgIpc) is 2.54. The fraction of sp³-hybridized carbons (Fsp3) is 0.118. The summed E-state index contributed by atoms with van der Waals surface area (Å²) in [5.41, 5.74) is 1.57. The number of nitrogens with one attached hydrogen (secondary N) is 1. The van der Waals surface area contributed by atoms with E-state index < -0.39 is 10.0 Å². The van der Waals surface area contributed by atoms with E-state index in [9.17, 15) is 17.6 Å². The van der Waals surface area contributed by atoms with Crippen LogP contribution in [-0.4, -0.2) is 14.3 Å². The molecule has 0 heterocycles. The molecule has 2 aromatic rings. The molecule has 24 heavy (non-hydrogen) atoms. The smallest absolute Gasteiger partial charge is 0.238 e. The highest BCUT2D eigenvalue weighted by Gasteiger charge is 2.07. The molecule has 7 heteroatoms. The van der Waals surface area contributed by atoms with E-state index in [1.165, 1.54) is 24.3 Å². The standard InChI is InChI=1S/C17H17FN2O3S/c18-15-8-4-13(5-9-15)2-1-3-17(21)20-12-14-6-10-16(11-7-14)24(19,22)23/h1-2,4-11H,3,12H2,(H,20,21)(H2,19,22,23)/b2-1+. The van der Waals surface area contributed by atoms with Crippen LogP contribution in [0, 0.1) is 5.82 Å². The van der Waals surface area contributed by atoms with Crippen molar-refractivity contribution in [1.82, 2.24) is 5.32 Å². The molecule has 0 saturated heterocycles. The van der Waals surface area contributed by atoms with Gasteiger partial charge in [0, 0.05) is 13.0 Å². The second-order valence-electron chi connectivity index (χ2n) is 5.12. The Morgan fingerprint density at radius 2 is 1.71 bits per heavy atom. The van der Waals surface area contributed by atoms with Gasteiger partial charge in [0.05, 0.1) is 4.90 Å². The molecule has 1 amide bonds. The summed E-state index contributed by atoms with van der Waals surface area (Å²) in [5.74, 6) is -0.484. The maximum Gasteiger partial charge on any atom is 0.238 e. The van der Waals surface area contributed by atoms with Gasteiger partial charge >= 0.3 is 0 Å². The van der Waals surface area contributed by atoms with Crippen LogP contribution in [0.3, 0.4) is 0 Å². The molecule has 5 nitrogen and oxygen atoms in total. The van der Waals surface area contributed by atoms with Gasteiger partial charge in [-0.15, -0.1) is 0 Å². The molecule has 0 radical (unpaired) electrons. The molecular weight excluding hydrogens is 331 g/mol. The number of hydrogen-bond donors (Lipinski definition) is 2. The number of primary sulfonamides is 1. The maximum absolute atomic E-state index is 12.8. The molecule has 0 spiro atoms. The van der Waals surface area contributed by atoms with Crippen LogP contribution in [0.4, 0.5) is 4.39 Å². The van der Waals surface area contributed by atoms with Crippen molar-refractivity contribution in [3.63, 3.8) is 0 Å². The summed E-state index contributed by atoms with van der Waals surface area (Å²) in [6.45, 7) is 0.286. The Bertz CT molecular complexity index is 829. The molecule has 0 aromatic heterocycles. The summed E-state index contributed by atoms with van der Waals surface area (Å²) in [5, 5.41) is 7.74. The number of amides is 1. The Labute approximate surface area is 140 Å². The van der Waals surface area contributed by atoms with E-state index in [1.807, 2.05) is 0 Å². The summed E-state index contributed by atoms with van der Waals surface area (Å²) in [4.78, 5) is 11.8. The van der Waals surface area contributed by atoms with Gasteiger partial charge in [0.2, 0.25) is 15.9 Å². The summed E-state index contributed by atoms with van der Waals surface area (Å²) >= 11 is 0. The average molecular weight is 348 g/mol. The normalized spacial score (nSPS) is 11.6. The van der Waals surface area contributed by atoms with E-state index in [2.05, 4.69) is 5.32 Å². The number of halogens is 1. The van der Waals surface area contributed by atoms with Crippen molar-refractivity contribution in [2.24, 2.45) is 5.14 Å². The summed E-state index contributed by atoms with van der Waals surface area (Å²) in [7, 11) is -3.71. The van der Waals surface area contributed by atoms with E-state index in [0.717, 1.165) is 11.1 Å². The van der Waals surface area contributed by atoms with E-state index in [1.54, 1.807) is 36.4 Å². The number of nitrogens with two attached hydrogens (primary N) is 1. The van der Waals surface area contributed by atoms with Gasteiger partial charge in [0.25, 0.3) is 0 Å². The first kappa shape index (κ1) is 17.8. The fourth-order valence-electron chi connectivity index (χ4n) is 1.95. The van der Waals surface area contributed by atoms with Gasteiger partial charge in [-0.25, -0.2) is 17.9 Å². The molecule has 2 aromatic carbocycles. The number of carbonyl (C=O) groups is 1. The second-order valence-corrected chi connectivity index (χ2v) is 6.69. The van der Waals surface area contributed by atoms with Crippen molar-refractivity contribution in [2.75, 3.05) is 0 Å². The molecule has 0 aliphatic rings. The zero-order chi connectivity index (χ0) is 17.6. The van der Waals surface area contributed by atoms with Gasteiger partial charge in [-0.2, -0.15) is 0 Å². The second kappa shape index (κ2) is 7.85. The van der Waals surface area contributed by atoms with E-state index in [0.29, 0.717) is 0 Å². The lowest BCUT2D eigenvalue weighted by molar-refractivity contribution is -0.120. The number of carbonyl (C=O) groups excluding carboxylic acids is 1. The predicted octanol–water partition coefficient (Wildman–Crippen LogP) is 2.19. The third kappa shape index (κ3) is 5.60. The van der Waals surface area contributed by atoms with Crippen LogP contribution in [0.15, 0.2) is 59.5 Å². The number of rotatable bonds is 6. The van der Waals surface area contributed by atoms with Crippen LogP contribution in [-0.2, 0) is 21.4 Å². The first-order chi connectivity index (χ1) is 11.3. The first-order valence-electron chi connectivity index (χ1n) is 7.15. The minimum Gasteiger partial charge on any atom is -0.352 e. The van der Waals surface area contributed by atoms with Crippen LogP contribution < -0.4 is 10.5 Å². The van der Waals surface area contributed by atoms with Crippen LogP contribution in [0.2, 0.25) is 0 Å². The summed E-state index contributed by atoms with van der Waals surface area (Å²) < 4.78 is 35.0. The highest BCUT2D eigenvalue weighted by Crippen LogP contribution is 2.09. The third-order valence-electron chi connectivity index (χ3n) is 3.23. The predicted molar refractivity (Wildman–Crippen MR) is 89.7 cm³/mol. The first-order valence-corrected chi connectivity index (χ1v) is 8.70. The number of benzene rings is 2. The van der Waals surface area contributed by atoms with Crippen LogP contribution in [0.5, 0.6) is 0 Å². The SMILES string of the molecule is NS(=O)(=O)c1ccc(CNC(=O)C/C=C/c2ccc(F)cc2)cc1. The van der Waals surface area contributed by atoms with Gasteiger partial charge in [0.15, 0.2) is 0 Å². The Morgan fingerprint density at radius 1 is 1.08 bits per heavy atom. The molecule has 2 rings (SSSR count). The van der Waals surface area contributed by atoms with Gasteiger partial charge in [-0.3, -0.25) is 4.79 Å². The Balaban J connectivity index is 1.81. The van der Waals surface area contributed by atoms with Gasteiger partial charge in [-0.05, 0) is 35.4 Å². The monoisotopic (exact) mass is 348 g/mol. The lowest BCUT2D eigenvalue weighted by Gasteiger charge is -2.05. The Kier molecular flexibility index (Phi) is 5.83. The molecule has 3 N–H and O–H groups in total. The lowest BCUT2D eigenvalue weighted by atomic mass is 10.2. The Hall–Kier alpha value is -2.51. The van der Waals surface area contributed by atoms with E-state index in [-0.39, 0.29) is 29.6 Å². The molecular formula is C17H17FN2O3S. The minimum atomic E-state index is -3.71. The van der Waals surface area contributed by atoms with E-state index in [4.69, 9.17) is 5.14 Å². The highest BCUT2D eigenvalue weighted by molar-refractivity contribution is 7.89. The highest BCUT2D eigenvalue weighted by atomic mass is 32.2. The molecule has 0 fully saturated rings. The molecule has 0 bridgehead atoms. The minimum absolute atomic E-state index is 0.0276. The van der Waals surface area contributed by atoms with Gasteiger partial charge in [0.1, 0.15) is 5.82 Å². The number of hydrogen-bond acceptors (Lipinski definition) is 3. The zero-order valence-electron chi connectivity index (χ0n) is 12.8. The summed E-state index contributed by atoms with van der Waals surface area (Å²) in [6, 6.07) is 11.9. The topological polar surface area (TPSA) is 89.3 Å². The van der Waals surface area contributed by atoms with Crippen molar-refractivity contribution in [3.05, 3.63) is 71.6 Å². The van der Waals surface area contributed by atoms with Crippen molar-refractivity contribution in [1.29, 1.82) is 0 Å². The van der Waals surface area contributed by atoms with Crippen molar-refractivity contribution < 1.29 is 17.6 Å². The van der Waals surface area contributed by atoms with E-state index >= 15 is 0 Å². The zero-order valence-corrected chi connectivity index (χ0v) is 13.6. The molecule has 0 atom stereocenters. The molecule has 0 aliphatic heterocycles. The van der Waals surface area contributed by atoms with Crippen LogP contribution in [0.1, 0.15) is 17.5 Å². The molecule has 0 aliphatic carbocycles. The van der Waals surface area contributed by atoms with Crippen molar-refractivity contribution >= 4 is 22.0 Å². The fourth-order valence-corrected chi connectivity index (χ4v) is 2.46. The largest absolute Gasteiger partial charge is 0.352 e. The molecule has 0 unspecified atom stereocenters.